The molecular weight excluding hydrogens is 368 g/mol. The summed E-state index contributed by atoms with van der Waals surface area (Å²) in [6.45, 7) is 3.74. The molecule has 0 aromatic heterocycles. The Hall–Kier alpha value is -2.06. The highest BCUT2D eigenvalue weighted by Gasteiger charge is 2.61. The summed E-state index contributed by atoms with van der Waals surface area (Å²) in [7, 11) is 0. The van der Waals surface area contributed by atoms with Gasteiger partial charge in [-0.3, -0.25) is 9.59 Å². The van der Waals surface area contributed by atoms with Crippen molar-refractivity contribution in [2.24, 2.45) is 0 Å². The first-order valence-electron chi connectivity index (χ1n) is 8.96. The molecule has 3 atom stereocenters. The van der Waals surface area contributed by atoms with Crippen molar-refractivity contribution in [3.8, 4) is 0 Å². The predicted molar refractivity (Wildman–Crippen MR) is 103 cm³/mol. The average molecular weight is 394 g/mol. The van der Waals surface area contributed by atoms with Crippen LogP contribution in [0.25, 0.3) is 0 Å². The summed E-state index contributed by atoms with van der Waals surface area (Å²) in [6.07, 6.45) is 2.98. The zero-order valence-corrected chi connectivity index (χ0v) is 16.6. The van der Waals surface area contributed by atoms with Crippen LogP contribution in [0.5, 0.6) is 0 Å². The molecule has 1 unspecified atom stereocenters. The van der Waals surface area contributed by atoms with Crippen LogP contribution in [-0.2, 0) is 30.3 Å². The molecular formula is C19H26N2O5S. The molecule has 27 heavy (non-hydrogen) atoms. The summed E-state index contributed by atoms with van der Waals surface area (Å²) >= 11 is 1.53. The monoisotopic (exact) mass is 394 g/mol. The first-order chi connectivity index (χ1) is 13.0. The zero-order valence-electron chi connectivity index (χ0n) is 15.8. The molecule has 1 fully saturated rings. The standard InChI is InChI=1S/C19H26N2O5S/c1-4-15(27-3)21-16(22)14(11-13-9-7-6-8-10-13)20-17(23)19(12-26-19)18(24)25-5-2/h6-10,14-15H,4-5,11-12H2,1-3H3,(H,20,23)(H,21,22)/t14-,15?,19-/m0/s1. The lowest BCUT2D eigenvalue weighted by atomic mass is 10.0. The van der Waals surface area contributed by atoms with Gasteiger partial charge < -0.3 is 20.1 Å². The van der Waals surface area contributed by atoms with Crippen molar-refractivity contribution >= 4 is 29.5 Å². The summed E-state index contributed by atoms with van der Waals surface area (Å²) in [5.74, 6) is -1.67. The Kier molecular flexibility index (Phi) is 7.67. The summed E-state index contributed by atoms with van der Waals surface area (Å²) < 4.78 is 10.0. The number of hydrogen-bond donors (Lipinski definition) is 2. The molecule has 2 rings (SSSR count). The van der Waals surface area contributed by atoms with Crippen molar-refractivity contribution in [3.05, 3.63) is 35.9 Å². The van der Waals surface area contributed by atoms with Gasteiger partial charge in [0.1, 0.15) is 6.04 Å². The molecule has 0 aliphatic carbocycles. The SMILES string of the molecule is CCOC(=O)[C@@]1(C(=O)N[C@@H](Cc2ccccc2)C(=O)NC(CC)SC)CO1. The van der Waals surface area contributed by atoms with Gasteiger partial charge in [-0.05, 0) is 25.2 Å². The molecule has 1 saturated heterocycles. The fourth-order valence-electron chi connectivity index (χ4n) is 2.58. The van der Waals surface area contributed by atoms with Gasteiger partial charge in [-0.1, -0.05) is 37.3 Å². The Morgan fingerprint density at radius 2 is 1.89 bits per heavy atom. The van der Waals surface area contributed by atoms with E-state index in [1.54, 1.807) is 6.92 Å². The zero-order chi connectivity index (χ0) is 19.9. The summed E-state index contributed by atoms with van der Waals surface area (Å²) in [5, 5.41) is 5.54. The number of esters is 1. The minimum atomic E-state index is -1.63. The summed E-state index contributed by atoms with van der Waals surface area (Å²) in [5.41, 5.74) is -0.730. The van der Waals surface area contributed by atoms with Crippen LogP contribution in [0.15, 0.2) is 30.3 Å². The van der Waals surface area contributed by atoms with Crippen LogP contribution in [0, 0.1) is 0 Å². The number of nitrogens with one attached hydrogen (secondary N) is 2. The fourth-order valence-corrected chi connectivity index (χ4v) is 3.15. The van der Waals surface area contributed by atoms with E-state index >= 15 is 0 Å². The summed E-state index contributed by atoms with van der Waals surface area (Å²) in [4.78, 5) is 37.4. The van der Waals surface area contributed by atoms with Crippen LogP contribution < -0.4 is 10.6 Å². The van der Waals surface area contributed by atoms with Gasteiger partial charge in [0, 0.05) is 6.42 Å². The number of carbonyl (C=O) groups excluding carboxylic acids is 3. The fraction of sp³-hybridized carbons (Fsp3) is 0.526. The Labute approximate surface area is 163 Å². The normalized spacial score (nSPS) is 20.3. The van der Waals surface area contributed by atoms with E-state index in [9.17, 15) is 14.4 Å². The molecule has 1 aromatic carbocycles. The Bertz CT molecular complexity index is 659. The highest BCUT2D eigenvalue weighted by Crippen LogP contribution is 2.29. The number of hydrogen-bond acceptors (Lipinski definition) is 6. The lowest BCUT2D eigenvalue weighted by Gasteiger charge is -2.23. The molecule has 1 aliphatic rings. The van der Waals surface area contributed by atoms with E-state index in [1.807, 2.05) is 43.5 Å². The van der Waals surface area contributed by atoms with Gasteiger partial charge in [0.15, 0.2) is 0 Å². The minimum absolute atomic E-state index is 0.0419. The third kappa shape index (κ3) is 5.46. The largest absolute Gasteiger partial charge is 0.463 e. The van der Waals surface area contributed by atoms with Gasteiger partial charge in [0.25, 0.3) is 11.5 Å². The highest BCUT2D eigenvalue weighted by molar-refractivity contribution is 7.99. The maximum atomic E-state index is 12.8. The molecule has 8 heteroatoms. The molecule has 1 aromatic rings. The maximum absolute atomic E-state index is 12.8. The topological polar surface area (TPSA) is 97.0 Å². The van der Waals surface area contributed by atoms with Crippen molar-refractivity contribution in [2.75, 3.05) is 19.5 Å². The van der Waals surface area contributed by atoms with E-state index in [0.29, 0.717) is 6.42 Å². The van der Waals surface area contributed by atoms with Gasteiger partial charge in [0.05, 0.1) is 18.6 Å². The molecule has 2 N–H and O–H groups in total. The first kappa shape index (κ1) is 21.2. The Balaban J connectivity index is 2.13. The third-order valence-corrected chi connectivity index (χ3v) is 5.29. The van der Waals surface area contributed by atoms with Gasteiger partial charge in [-0.15, -0.1) is 11.8 Å². The molecule has 148 valence electrons. The van der Waals surface area contributed by atoms with Crippen molar-refractivity contribution in [3.63, 3.8) is 0 Å². The second-order valence-corrected chi connectivity index (χ2v) is 7.23. The van der Waals surface area contributed by atoms with Crippen LogP contribution >= 0.6 is 11.8 Å². The van der Waals surface area contributed by atoms with E-state index in [0.717, 1.165) is 12.0 Å². The number of ether oxygens (including phenoxy) is 2. The lowest BCUT2D eigenvalue weighted by molar-refractivity contribution is -0.154. The van der Waals surface area contributed by atoms with Gasteiger partial charge >= 0.3 is 5.97 Å². The highest BCUT2D eigenvalue weighted by atomic mass is 32.2. The number of rotatable bonds is 10. The average Bonchev–Trinajstić information content (AvgIpc) is 3.48. The number of benzene rings is 1. The number of carbonyl (C=O) groups is 3. The van der Waals surface area contributed by atoms with Gasteiger partial charge in [-0.25, -0.2) is 4.79 Å². The van der Waals surface area contributed by atoms with Crippen LogP contribution in [0.1, 0.15) is 25.8 Å². The van der Waals surface area contributed by atoms with E-state index in [2.05, 4.69) is 10.6 Å². The molecule has 1 aliphatic heterocycles. The van der Waals surface area contributed by atoms with Crippen molar-refractivity contribution in [1.82, 2.24) is 10.6 Å². The molecule has 1 heterocycles. The van der Waals surface area contributed by atoms with Crippen LogP contribution in [0.4, 0.5) is 0 Å². The minimum Gasteiger partial charge on any atom is -0.463 e. The van der Waals surface area contributed by atoms with Crippen LogP contribution in [0.2, 0.25) is 0 Å². The molecule has 2 amide bonds. The molecule has 0 spiro atoms. The van der Waals surface area contributed by atoms with Crippen molar-refractivity contribution in [1.29, 1.82) is 0 Å². The molecule has 0 bridgehead atoms. The predicted octanol–water partition coefficient (Wildman–Crippen LogP) is 1.26. The van der Waals surface area contributed by atoms with E-state index < -0.39 is 23.5 Å². The maximum Gasteiger partial charge on any atom is 0.350 e. The molecule has 0 saturated carbocycles. The van der Waals surface area contributed by atoms with Gasteiger partial charge in [0.2, 0.25) is 5.91 Å². The van der Waals surface area contributed by atoms with Crippen LogP contribution in [0.3, 0.4) is 0 Å². The smallest absolute Gasteiger partial charge is 0.350 e. The lowest BCUT2D eigenvalue weighted by Crippen LogP contribution is -2.55. The van der Waals surface area contributed by atoms with E-state index in [-0.39, 0.29) is 24.5 Å². The first-order valence-corrected chi connectivity index (χ1v) is 10.2. The number of thioether (sulfide) groups is 1. The summed E-state index contributed by atoms with van der Waals surface area (Å²) in [6, 6.07) is 8.56. The van der Waals surface area contributed by atoms with Crippen molar-refractivity contribution < 1.29 is 23.9 Å². The quantitative estimate of drug-likeness (QED) is 0.268. The Morgan fingerprint density at radius 1 is 1.22 bits per heavy atom. The molecule has 7 nitrogen and oxygen atoms in total. The second-order valence-electron chi connectivity index (χ2n) is 6.19. The number of epoxide rings is 1. The molecule has 0 radical (unpaired) electrons. The van der Waals surface area contributed by atoms with E-state index in [4.69, 9.17) is 9.47 Å². The van der Waals surface area contributed by atoms with Crippen molar-refractivity contribution in [2.45, 2.75) is 43.7 Å². The second kappa shape index (κ2) is 9.75. The van der Waals surface area contributed by atoms with Crippen LogP contribution in [-0.4, -0.2) is 54.3 Å². The van der Waals surface area contributed by atoms with E-state index in [1.165, 1.54) is 11.8 Å². The third-order valence-electron chi connectivity index (χ3n) is 4.27. The van der Waals surface area contributed by atoms with Gasteiger partial charge in [-0.2, -0.15) is 0 Å². The Morgan fingerprint density at radius 3 is 2.41 bits per heavy atom. The number of amides is 2.